The van der Waals surface area contributed by atoms with Gasteiger partial charge in [0.05, 0.1) is 6.10 Å². The van der Waals surface area contributed by atoms with E-state index in [2.05, 4.69) is 36.8 Å². The van der Waals surface area contributed by atoms with E-state index in [1.807, 2.05) is 4.90 Å². The minimum absolute atomic E-state index is 0.139. The lowest BCUT2D eigenvalue weighted by Gasteiger charge is -2.58. The molecule has 2 amide bonds. The van der Waals surface area contributed by atoms with Crippen molar-refractivity contribution < 1.29 is 14.7 Å². The lowest BCUT2D eigenvalue weighted by molar-refractivity contribution is -0.133. The Hall–Kier alpha value is -2.28. The maximum atomic E-state index is 13.2. The Morgan fingerprint density at radius 3 is 2.48 bits per heavy atom. The molecule has 5 aliphatic rings. The predicted molar refractivity (Wildman–Crippen MR) is 154 cm³/mol. The van der Waals surface area contributed by atoms with E-state index in [9.17, 15) is 14.7 Å². The quantitative estimate of drug-likeness (QED) is 0.517. The molecule has 218 valence electrons. The summed E-state index contributed by atoms with van der Waals surface area (Å²) in [5, 5.41) is 10.3. The van der Waals surface area contributed by atoms with Crippen molar-refractivity contribution >= 4 is 11.8 Å². The van der Waals surface area contributed by atoms with E-state index in [1.165, 1.54) is 32.1 Å². The monoisotopic (exact) mass is 548 g/mol. The van der Waals surface area contributed by atoms with Crippen molar-refractivity contribution in [3.63, 3.8) is 0 Å². The third-order valence-electron chi connectivity index (χ3n) is 12.3. The Kier molecular flexibility index (Phi) is 7.56. The highest BCUT2D eigenvalue weighted by molar-refractivity contribution is 5.90. The largest absolute Gasteiger partial charge is 0.393 e. The molecule has 7 heteroatoms. The second kappa shape index (κ2) is 10.8. The number of carbonyl (C=O) groups is 2. The van der Waals surface area contributed by atoms with Crippen LogP contribution in [0.25, 0.3) is 0 Å². The minimum atomic E-state index is -0.153. The molecule has 0 radical (unpaired) electrons. The number of aliphatic hydroxyl groups excluding tert-OH is 1. The van der Waals surface area contributed by atoms with Gasteiger partial charge in [-0.05, 0) is 104 Å². The Bertz CT molecular complexity index is 1130. The first-order chi connectivity index (χ1) is 19.2. The molecular formula is C33H48N4O3. The van der Waals surface area contributed by atoms with Crippen LogP contribution in [0.4, 0.5) is 0 Å². The number of aromatic nitrogens is 2. The molecule has 7 nitrogen and oxygen atoms in total. The second-order valence-corrected chi connectivity index (χ2v) is 14.1. The van der Waals surface area contributed by atoms with Gasteiger partial charge in [0.2, 0.25) is 11.7 Å². The molecule has 1 aromatic heterocycles. The summed E-state index contributed by atoms with van der Waals surface area (Å²) in [6, 6.07) is 1.71. The van der Waals surface area contributed by atoms with Crippen LogP contribution in [0.1, 0.15) is 95.6 Å². The number of hydrogen-bond acceptors (Lipinski definition) is 5. The van der Waals surface area contributed by atoms with Gasteiger partial charge in [0.1, 0.15) is 0 Å². The zero-order valence-electron chi connectivity index (χ0n) is 24.7. The summed E-state index contributed by atoms with van der Waals surface area (Å²) in [6.45, 7) is 9.75. The molecule has 40 heavy (non-hydrogen) atoms. The Morgan fingerprint density at radius 2 is 1.73 bits per heavy atom. The summed E-state index contributed by atoms with van der Waals surface area (Å²) in [6.07, 6.45) is 16.6. The van der Waals surface area contributed by atoms with E-state index >= 15 is 0 Å². The third-order valence-corrected chi connectivity index (χ3v) is 12.3. The maximum absolute atomic E-state index is 13.2. The summed E-state index contributed by atoms with van der Waals surface area (Å²) in [7, 11) is 0. The van der Waals surface area contributed by atoms with Gasteiger partial charge >= 0.3 is 0 Å². The molecule has 4 aliphatic carbocycles. The Balaban J connectivity index is 1.02. The third kappa shape index (κ3) is 4.80. The lowest BCUT2D eigenvalue weighted by atomic mass is 9.47. The number of hydrogen-bond donors (Lipinski definition) is 1. The van der Waals surface area contributed by atoms with Crippen molar-refractivity contribution in [2.45, 2.75) is 91.1 Å². The molecule has 8 atom stereocenters. The molecule has 0 aromatic carbocycles. The van der Waals surface area contributed by atoms with Gasteiger partial charge in [-0.2, -0.15) is 0 Å². The number of fused-ring (bicyclic) bond motifs is 5. The first-order valence-corrected chi connectivity index (χ1v) is 15.9. The lowest BCUT2D eigenvalue weighted by Crippen LogP contribution is -2.51. The van der Waals surface area contributed by atoms with Gasteiger partial charge in [0.15, 0.2) is 0 Å². The standard InChI is InChI=1S/C33H48N4O3/c1-22(5-10-29(39)36-17-19-37(20-18-36)31(40)30-34-15-4-16-35-30)26-8-9-27-25-7-6-23-21-24(38)11-13-32(23,2)28(25)12-14-33(26,27)3/h4,6,15-16,22,24-28,38H,5,7-14,17-21H2,1-3H3/t22-,24+,25+,26-,27+,28+,32+,33-/m1/s1. The Labute approximate surface area is 239 Å². The molecule has 3 saturated carbocycles. The van der Waals surface area contributed by atoms with E-state index in [1.54, 1.807) is 28.9 Å². The van der Waals surface area contributed by atoms with Crippen LogP contribution in [0.2, 0.25) is 0 Å². The number of amides is 2. The van der Waals surface area contributed by atoms with Gasteiger partial charge in [-0.25, -0.2) is 9.97 Å². The second-order valence-electron chi connectivity index (χ2n) is 14.1. The molecule has 1 aliphatic heterocycles. The number of piperazine rings is 1. The van der Waals surface area contributed by atoms with Crippen LogP contribution in [0.5, 0.6) is 0 Å². The highest BCUT2D eigenvalue weighted by Gasteiger charge is 2.59. The maximum Gasteiger partial charge on any atom is 0.291 e. The first-order valence-electron chi connectivity index (χ1n) is 15.9. The van der Waals surface area contributed by atoms with Crippen LogP contribution in [-0.4, -0.2) is 69.0 Å². The molecule has 4 fully saturated rings. The molecule has 1 aromatic rings. The summed E-state index contributed by atoms with van der Waals surface area (Å²) in [4.78, 5) is 37.7. The number of rotatable bonds is 5. The fourth-order valence-corrected chi connectivity index (χ4v) is 10.0. The summed E-state index contributed by atoms with van der Waals surface area (Å²) >= 11 is 0. The SMILES string of the molecule is C[C@H](CCC(=O)N1CCN(C(=O)c2ncccn2)CC1)[C@H]1CC[C@H]2[C@@H]3CC=C4C[C@@H](O)CC[C@]4(C)[C@H]3CC[C@]12C. The average molecular weight is 549 g/mol. The van der Waals surface area contributed by atoms with E-state index < -0.39 is 0 Å². The topological polar surface area (TPSA) is 86.6 Å². The summed E-state index contributed by atoms with van der Waals surface area (Å²) < 4.78 is 0. The van der Waals surface area contributed by atoms with Crippen molar-refractivity contribution in [1.82, 2.24) is 19.8 Å². The van der Waals surface area contributed by atoms with Crippen LogP contribution >= 0.6 is 0 Å². The van der Waals surface area contributed by atoms with Gasteiger partial charge in [-0.3, -0.25) is 9.59 Å². The number of aliphatic hydroxyl groups is 1. The zero-order valence-corrected chi connectivity index (χ0v) is 24.7. The van der Waals surface area contributed by atoms with Gasteiger partial charge < -0.3 is 14.9 Å². The minimum Gasteiger partial charge on any atom is -0.393 e. The highest BCUT2D eigenvalue weighted by Crippen LogP contribution is 2.67. The van der Waals surface area contributed by atoms with E-state index in [-0.39, 0.29) is 23.7 Å². The molecular weight excluding hydrogens is 500 g/mol. The zero-order chi connectivity index (χ0) is 28.1. The normalized spacial score (nSPS) is 38.1. The molecule has 2 heterocycles. The molecule has 0 spiro atoms. The Morgan fingerprint density at radius 1 is 1.00 bits per heavy atom. The fraction of sp³-hybridized carbons (Fsp3) is 0.758. The van der Waals surface area contributed by atoms with Crippen LogP contribution < -0.4 is 0 Å². The molecule has 6 rings (SSSR count). The first kappa shape index (κ1) is 27.9. The van der Waals surface area contributed by atoms with Crippen LogP contribution in [0.15, 0.2) is 30.1 Å². The van der Waals surface area contributed by atoms with E-state index in [0.29, 0.717) is 55.3 Å². The fourth-order valence-electron chi connectivity index (χ4n) is 10.0. The summed E-state index contributed by atoms with van der Waals surface area (Å²) in [5.41, 5.74) is 2.23. The van der Waals surface area contributed by atoms with Crippen molar-refractivity contribution in [2.75, 3.05) is 26.2 Å². The van der Waals surface area contributed by atoms with Crippen LogP contribution in [-0.2, 0) is 4.79 Å². The molecule has 1 N–H and O–H groups in total. The van der Waals surface area contributed by atoms with E-state index in [0.717, 1.165) is 43.4 Å². The highest BCUT2D eigenvalue weighted by atomic mass is 16.3. The van der Waals surface area contributed by atoms with Crippen molar-refractivity contribution in [1.29, 1.82) is 0 Å². The molecule has 1 saturated heterocycles. The van der Waals surface area contributed by atoms with Crippen molar-refractivity contribution in [3.05, 3.63) is 35.9 Å². The summed E-state index contributed by atoms with van der Waals surface area (Å²) in [5.74, 6) is 3.88. The van der Waals surface area contributed by atoms with Gasteiger partial charge in [-0.1, -0.05) is 32.4 Å². The number of allylic oxidation sites excluding steroid dienone is 1. The number of nitrogens with zero attached hydrogens (tertiary/aromatic N) is 4. The number of carbonyl (C=O) groups excluding carboxylic acids is 2. The van der Waals surface area contributed by atoms with E-state index in [4.69, 9.17) is 0 Å². The average Bonchev–Trinajstić information content (AvgIpc) is 3.33. The van der Waals surface area contributed by atoms with Crippen molar-refractivity contribution in [2.24, 2.45) is 40.4 Å². The molecule has 0 unspecified atom stereocenters. The van der Waals surface area contributed by atoms with Crippen LogP contribution in [0, 0.1) is 40.4 Å². The van der Waals surface area contributed by atoms with Crippen LogP contribution in [0.3, 0.4) is 0 Å². The predicted octanol–water partition coefficient (Wildman–Crippen LogP) is 5.12. The molecule has 0 bridgehead atoms. The van der Waals surface area contributed by atoms with Gasteiger partial charge in [-0.15, -0.1) is 0 Å². The van der Waals surface area contributed by atoms with Gasteiger partial charge in [0.25, 0.3) is 5.91 Å². The van der Waals surface area contributed by atoms with Gasteiger partial charge in [0, 0.05) is 45.0 Å². The van der Waals surface area contributed by atoms with Crippen molar-refractivity contribution in [3.8, 4) is 0 Å². The smallest absolute Gasteiger partial charge is 0.291 e.